The standard InChI is InChI=1S/C27H32N2O/c1-18(2)16-20-12-14-21(15-13-20)26-17-23(22-9-5-7-11-25(22)28-26)27(30)29-24-10-6-4-8-19(24)3/h5,7,9,11-15,17-19,24H,4,6,8,10,16H2,1-3H3,(H,29,30)/t19-,24+/m0/s1. The molecule has 4 rings (SSSR count). The topological polar surface area (TPSA) is 42.0 Å². The van der Waals surface area contributed by atoms with Crippen LogP contribution in [0.1, 0.15) is 62.4 Å². The van der Waals surface area contributed by atoms with Crippen molar-refractivity contribution in [1.82, 2.24) is 10.3 Å². The lowest BCUT2D eigenvalue weighted by atomic mass is 9.85. The van der Waals surface area contributed by atoms with Crippen molar-refractivity contribution in [3.8, 4) is 11.3 Å². The van der Waals surface area contributed by atoms with Crippen molar-refractivity contribution in [3.05, 3.63) is 65.7 Å². The van der Waals surface area contributed by atoms with Gasteiger partial charge in [0, 0.05) is 17.0 Å². The summed E-state index contributed by atoms with van der Waals surface area (Å²) in [4.78, 5) is 18.2. The number of hydrogen-bond acceptors (Lipinski definition) is 2. The van der Waals surface area contributed by atoms with Crippen LogP contribution < -0.4 is 5.32 Å². The van der Waals surface area contributed by atoms with E-state index in [4.69, 9.17) is 4.98 Å². The number of benzene rings is 2. The first-order chi connectivity index (χ1) is 14.5. The molecule has 1 saturated carbocycles. The van der Waals surface area contributed by atoms with Crippen LogP contribution in [0.5, 0.6) is 0 Å². The minimum Gasteiger partial charge on any atom is -0.349 e. The van der Waals surface area contributed by atoms with Gasteiger partial charge in [0.2, 0.25) is 0 Å². The van der Waals surface area contributed by atoms with Crippen LogP contribution in [0.3, 0.4) is 0 Å². The molecule has 1 aliphatic carbocycles. The molecule has 3 aromatic rings. The molecule has 2 atom stereocenters. The lowest BCUT2D eigenvalue weighted by molar-refractivity contribution is 0.0912. The van der Waals surface area contributed by atoms with E-state index in [-0.39, 0.29) is 11.9 Å². The van der Waals surface area contributed by atoms with E-state index in [0.717, 1.165) is 40.6 Å². The summed E-state index contributed by atoms with van der Waals surface area (Å²) in [6.45, 7) is 6.71. The van der Waals surface area contributed by atoms with E-state index in [1.54, 1.807) is 0 Å². The van der Waals surface area contributed by atoms with Crippen LogP contribution in [0.2, 0.25) is 0 Å². The largest absolute Gasteiger partial charge is 0.349 e. The molecule has 3 nitrogen and oxygen atoms in total. The molecular weight excluding hydrogens is 368 g/mol. The third-order valence-electron chi connectivity index (χ3n) is 6.28. The summed E-state index contributed by atoms with van der Waals surface area (Å²) >= 11 is 0. The third-order valence-corrected chi connectivity index (χ3v) is 6.28. The highest BCUT2D eigenvalue weighted by atomic mass is 16.1. The Morgan fingerprint density at radius 1 is 1.07 bits per heavy atom. The van der Waals surface area contributed by atoms with Crippen molar-refractivity contribution in [1.29, 1.82) is 0 Å². The molecule has 0 unspecified atom stereocenters. The maximum absolute atomic E-state index is 13.3. The van der Waals surface area contributed by atoms with Crippen molar-refractivity contribution >= 4 is 16.8 Å². The fourth-order valence-electron chi connectivity index (χ4n) is 4.57. The normalized spacial score (nSPS) is 19.2. The third kappa shape index (κ3) is 4.56. The molecule has 1 aromatic heterocycles. The number of rotatable bonds is 5. The van der Waals surface area contributed by atoms with Gasteiger partial charge >= 0.3 is 0 Å². The van der Waals surface area contributed by atoms with Gasteiger partial charge in [0.25, 0.3) is 5.91 Å². The lowest BCUT2D eigenvalue weighted by Gasteiger charge is -2.29. The minimum atomic E-state index is 0.0185. The fraction of sp³-hybridized carbons (Fsp3) is 0.407. The Morgan fingerprint density at radius 2 is 1.80 bits per heavy atom. The first-order valence-electron chi connectivity index (χ1n) is 11.3. The fourth-order valence-corrected chi connectivity index (χ4v) is 4.57. The number of carbonyl (C=O) groups is 1. The number of pyridine rings is 1. The summed E-state index contributed by atoms with van der Waals surface area (Å²) in [5, 5.41) is 4.24. The molecule has 30 heavy (non-hydrogen) atoms. The molecule has 1 aliphatic rings. The SMILES string of the molecule is CC(C)Cc1ccc(-c2cc(C(=O)N[C@@H]3CCCC[C@@H]3C)c3ccccc3n2)cc1. The molecule has 0 bridgehead atoms. The molecule has 1 N–H and O–H groups in total. The second-order valence-electron chi connectivity index (χ2n) is 9.21. The summed E-state index contributed by atoms with van der Waals surface area (Å²) in [5.74, 6) is 1.18. The minimum absolute atomic E-state index is 0.0185. The van der Waals surface area contributed by atoms with Gasteiger partial charge in [-0.25, -0.2) is 4.98 Å². The van der Waals surface area contributed by atoms with Crippen LogP contribution in [0.4, 0.5) is 0 Å². The first-order valence-corrected chi connectivity index (χ1v) is 11.3. The van der Waals surface area contributed by atoms with Crippen molar-refractivity contribution < 1.29 is 4.79 Å². The zero-order chi connectivity index (χ0) is 21.1. The Bertz CT molecular complexity index is 1020. The molecule has 1 heterocycles. The number of aromatic nitrogens is 1. The molecular formula is C27H32N2O. The van der Waals surface area contributed by atoms with Gasteiger partial charge in [-0.2, -0.15) is 0 Å². The van der Waals surface area contributed by atoms with E-state index in [0.29, 0.717) is 11.8 Å². The highest BCUT2D eigenvalue weighted by molar-refractivity contribution is 6.07. The maximum atomic E-state index is 13.3. The molecule has 1 amide bonds. The van der Waals surface area contributed by atoms with Gasteiger partial charge in [0.05, 0.1) is 16.8 Å². The van der Waals surface area contributed by atoms with E-state index in [2.05, 4.69) is 50.4 Å². The molecule has 0 saturated heterocycles. The van der Waals surface area contributed by atoms with Crippen LogP contribution in [-0.2, 0) is 6.42 Å². The Kier molecular flexibility index (Phi) is 6.17. The van der Waals surface area contributed by atoms with E-state index < -0.39 is 0 Å². The zero-order valence-electron chi connectivity index (χ0n) is 18.3. The molecule has 3 heteroatoms. The molecule has 156 valence electrons. The molecule has 0 spiro atoms. The smallest absolute Gasteiger partial charge is 0.252 e. The number of fused-ring (bicyclic) bond motifs is 1. The summed E-state index contributed by atoms with van der Waals surface area (Å²) in [7, 11) is 0. The van der Waals surface area contributed by atoms with Crippen LogP contribution in [0.15, 0.2) is 54.6 Å². The quantitative estimate of drug-likeness (QED) is 0.538. The second kappa shape index (κ2) is 8.99. The van der Waals surface area contributed by atoms with Crippen molar-refractivity contribution in [2.45, 2.75) is 58.9 Å². The van der Waals surface area contributed by atoms with Crippen LogP contribution in [0.25, 0.3) is 22.2 Å². The summed E-state index contributed by atoms with van der Waals surface area (Å²) in [5.41, 5.74) is 4.82. The van der Waals surface area contributed by atoms with Crippen LogP contribution in [-0.4, -0.2) is 16.9 Å². The molecule has 1 fully saturated rings. The predicted octanol–water partition coefficient (Wildman–Crippen LogP) is 6.41. The number of nitrogens with zero attached hydrogens (tertiary/aromatic N) is 1. The Labute approximate surface area is 179 Å². The predicted molar refractivity (Wildman–Crippen MR) is 125 cm³/mol. The van der Waals surface area contributed by atoms with E-state index >= 15 is 0 Å². The number of nitrogens with one attached hydrogen (secondary N) is 1. The molecule has 0 radical (unpaired) electrons. The number of para-hydroxylation sites is 1. The highest BCUT2D eigenvalue weighted by Crippen LogP contribution is 2.28. The van der Waals surface area contributed by atoms with Crippen molar-refractivity contribution in [3.63, 3.8) is 0 Å². The van der Waals surface area contributed by atoms with Crippen LogP contribution >= 0.6 is 0 Å². The average molecular weight is 401 g/mol. The van der Waals surface area contributed by atoms with Gasteiger partial charge in [0.15, 0.2) is 0 Å². The molecule has 0 aliphatic heterocycles. The van der Waals surface area contributed by atoms with Crippen molar-refractivity contribution in [2.75, 3.05) is 0 Å². The lowest BCUT2D eigenvalue weighted by Crippen LogP contribution is -2.41. The summed E-state index contributed by atoms with van der Waals surface area (Å²) in [6.07, 6.45) is 5.79. The van der Waals surface area contributed by atoms with Crippen LogP contribution in [0, 0.1) is 11.8 Å². The average Bonchev–Trinajstić information content (AvgIpc) is 2.74. The van der Waals surface area contributed by atoms with Gasteiger partial charge in [-0.05, 0) is 48.8 Å². The van der Waals surface area contributed by atoms with Gasteiger partial charge < -0.3 is 5.32 Å². The van der Waals surface area contributed by atoms with Gasteiger partial charge in [-0.3, -0.25) is 4.79 Å². The highest BCUT2D eigenvalue weighted by Gasteiger charge is 2.24. The first kappa shape index (κ1) is 20.6. The summed E-state index contributed by atoms with van der Waals surface area (Å²) in [6, 6.07) is 18.8. The number of carbonyl (C=O) groups excluding carboxylic acids is 1. The van der Waals surface area contributed by atoms with E-state index in [1.807, 2.05) is 30.3 Å². The van der Waals surface area contributed by atoms with E-state index in [9.17, 15) is 4.79 Å². The Hall–Kier alpha value is -2.68. The second-order valence-corrected chi connectivity index (χ2v) is 9.21. The maximum Gasteiger partial charge on any atom is 0.252 e. The monoisotopic (exact) mass is 400 g/mol. The Balaban J connectivity index is 1.68. The van der Waals surface area contributed by atoms with Gasteiger partial charge in [0.1, 0.15) is 0 Å². The number of amides is 1. The van der Waals surface area contributed by atoms with Gasteiger partial charge in [-0.15, -0.1) is 0 Å². The van der Waals surface area contributed by atoms with E-state index in [1.165, 1.54) is 24.8 Å². The Morgan fingerprint density at radius 3 is 2.53 bits per heavy atom. The van der Waals surface area contributed by atoms with Crippen molar-refractivity contribution in [2.24, 2.45) is 11.8 Å². The number of hydrogen-bond donors (Lipinski definition) is 1. The zero-order valence-corrected chi connectivity index (χ0v) is 18.3. The summed E-state index contributed by atoms with van der Waals surface area (Å²) < 4.78 is 0. The van der Waals surface area contributed by atoms with Gasteiger partial charge in [-0.1, -0.05) is 76.1 Å². The molecule has 2 aromatic carbocycles.